The minimum atomic E-state index is -3.73. The summed E-state index contributed by atoms with van der Waals surface area (Å²) < 4.78 is 33.0. The summed E-state index contributed by atoms with van der Waals surface area (Å²) in [7, 11) is -3.73. The van der Waals surface area contributed by atoms with Gasteiger partial charge in [-0.3, -0.25) is 9.10 Å². The topological polar surface area (TPSA) is 75.7 Å². The Morgan fingerprint density at radius 3 is 2.62 bits per heavy atom. The van der Waals surface area contributed by atoms with Crippen LogP contribution in [0.2, 0.25) is 5.02 Å². The zero-order chi connectivity index (χ0) is 21.2. The summed E-state index contributed by atoms with van der Waals surface area (Å²) in [6, 6.07) is 11.7. The molecule has 2 aromatic rings. The van der Waals surface area contributed by atoms with Crippen LogP contribution in [0.25, 0.3) is 0 Å². The fourth-order valence-electron chi connectivity index (χ4n) is 3.00. The molecule has 0 saturated carbocycles. The molecule has 0 spiro atoms. The van der Waals surface area contributed by atoms with Gasteiger partial charge in [0.1, 0.15) is 5.75 Å². The number of anilines is 1. The third-order valence-electron chi connectivity index (χ3n) is 4.51. The Balaban J connectivity index is 1.70. The average molecular weight is 437 g/mol. The van der Waals surface area contributed by atoms with Crippen molar-refractivity contribution < 1.29 is 17.9 Å². The molecule has 1 aliphatic heterocycles. The molecule has 0 fully saturated rings. The number of fused-ring (bicyclic) bond motifs is 1. The standard InChI is InChI=1S/C21H25ClN2O4S/c1-21(2,3)14-23-20(25)13-28-19-9-8-16(12-17(19)22)29(26,27)24-11-10-15-6-4-5-7-18(15)24/h4-9,12H,10-11,13-14H2,1-3H3,(H,23,25). The molecule has 8 heteroatoms. The van der Waals surface area contributed by atoms with Gasteiger partial charge in [-0.1, -0.05) is 50.6 Å². The number of nitrogens with zero attached hydrogens (tertiary/aromatic N) is 1. The molecule has 0 unspecified atom stereocenters. The molecule has 1 aliphatic rings. The maximum Gasteiger partial charge on any atom is 0.264 e. The highest BCUT2D eigenvalue weighted by Crippen LogP contribution is 2.35. The van der Waals surface area contributed by atoms with Crippen LogP contribution < -0.4 is 14.4 Å². The zero-order valence-corrected chi connectivity index (χ0v) is 18.3. The monoisotopic (exact) mass is 436 g/mol. The molecule has 1 heterocycles. The van der Waals surface area contributed by atoms with E-state index in [0.29, 0.717) is 25.2 Å². The zero-order valence-electron chi connectivity index (χ0n) is 16.7. The highest BCUT2D eigenvalue weighted by Gasteiger charge is 2.31. The fourth-order valence-corrected chi connectivity index (χ4v) is 4.83. The normalized spacial score (nSPS) is 13.9. The van der Waals surface area contributed by atoms with Gasteiger partial charge in [-0.15, -0.1) is 0 Å². The van der Waals surface area contributed by atoms with E-state index in [9.17, 15) is 13.2 Å². The second-order valence-electron chi connectivity index (χ2n) is 8.17. The van der Waals surface area contributed by atoms with Crippen molar-refractivity contribution in [2.45, 2.75) is 32.1 Å². The summed E-state index contributed by atoms with van der Waals surface area (Å²) in [5, 5.41) is 2.93. The Morgan fingerprint density at radius 1 is 1.21 bits per heavy atom. The Hall–Kier alpha value is -2.25. The first-order chi connectivity index (χ1) is 13.6. The van der Waals surface area contributed by atoms with Crippen LogP contribution in [0, 0.1) is 5.41 Å². The van der Waals surface area contributed by atoms with Gasteiger partial charge >= 0.3 is 0 Å². The first kappa shape index (κ1) is 21.5. The van der Waals surface area contributed by atoms with E-state index in [1.54, 1.807) is 6.07 Å². The maximum absolute atomic E-state index is 13.1. The van der Waals surface area contributed by atoms with E-state index in [1.807, 2.05) is 39.0 Å². The van der Waals surface area contributed by atoms with E-state index in [0.717, 1.165) is 5.56 Å². The maximum atomic E-state index is 13.1. The summed E-state index contributed by atoms with van der Waals surface area (Å²) in [6.45, 7) is 6.78. The van der Waals surface area contributed by atoms with Crippen molar-refractivity contribution in [3.63, 3.8) is 0 Å². The van der Waals surface area contributed by atoms with Crippen molar-refractivity contribution in [1.29, 1.82) is 0 Å². The number of benzene rings is 2. The number of para-hydroxylation sites is 1. The Morgan fingerprint density at radius 2 is 1.93 bits per heavy atom. The van der Waals surface area contributed by atoms with E-state index < -0.39 is 10.0 Å². The summed E-state index contributed by atoms with van der Waals surface area (Å²) in [4.78, 5) is 12.0. The molecule has 29 heavy (non-hydrogen) atoms. The molecule has 1 amide bonds. The minimum Gasteiger partial charge on any atom is -0.482 e. The Labute approximate surface area is 176 Å². The predicted octanol–water partition coefficient (Wildman–Crippen LogP) is 3.63. The number of halogens is 1. The van der Waals surface area contributed by atoms with Crippen LogP contribution in [0.3, 0.4) is 0 Å². The number of hydrogen-bond acceptors (Lipinski definition) is 4. The largest absolute Gasteiger partial charge is 0.482 e. The lowest BCUT2D eigenvalue weighted by Crippen LogP contribution is -2.35. The number of sulfonamides is 1. The van der Waals surface area contributed by atoms with Crippen molar-refractivity contribution >= 4 is 33.2 Å². The first-order valence-electron chi connectivity index (χ1n) is 9.38. The van der Waals surface area contributed by atoms with E-state index in [-0.39, 0.29) is 33.6 Å². The molecular weight excluding hydrogens is 412 g/mol. The van der Waals surface area contributed by atoms with Crippen LogP contribution in [0.5, 0.6) is 5.75 Å². The number of ether oxygens (including phenoxy) is 1. The molecule has 2 aromatic carbocycles. The summed E-state index contributed by atoms with van der Waals surface area (Å²) in [5.41, 5.74) is 1.67. The van der Waals surface area contributed by atoms with Gasteiger partial charge in [-0.25, -0.2) is 8.42 Å². The van der Waals surface area contributed by atoms with Gasteiger partial charge < -0.3 is 10.1 Å². The summed E-state index contributed by atoms with van der Waals surface area (Å²) >= 11 is 6.24. The molecule has 0 bridgehead atoms. The molecule has 0 aliphatic carbocycles. The van der Waals surface area contributed by atoms with E-state index in [1.165, 1.54) is 22.5 Å². The quantitative estimate of drug-likeness (QED) is 0.750. The number of rotatable bonds is 6. The molecule has 0 atom stereocenters. The van der Waals surface area contributed by atoms with E-state index in [2.05, 4.69) is 5.32 Å². The van der Waals surface area contributed by atoms with Crippen molar-refractivity contribution in [3.8, 4) is 5.75 Å². The van der Waals surface area contributed by atoms with Gasteiger partial charge in [-0.2, -0.15) is 0 Å². The van der Waals surface area contributed by atoms with Crippen LogP contribution in [0.4, 0.5) is 5.69 Å². The van der Waals surface area contributed by atoms with E-state index >= 15 is 0 Å². The second-order valence-corrected chi connectivity index (χ2v) is 10.4. The molecule has 0 aromatic heterocycles. The average Bonchev–Trinajstić information content (AvgIpc) is 3.09. The number of carbonyl (C=O) groups is 1. The first-order valence-corrected chi connectivity index (χ1v) is 11.2. The highest BCUT2D eigenvalue weighted by atomic mass is 35.5. The Bertz CT molecular complexity index is 1020. The molecule has 0 saturated heterocycles. The number of hydrogen-bond donors (Lipinski definition) is 1. The van der Waals surface area contributed by atoms with Gasteiger partial charge in [0.05, 0.1) is 15.6 Å². The van der Waals surface area contributed by atoms with Gasteiger partial charge in [0, 0.05) is 13.1 Å². The van der Waals surface area contributed by atoms with Crippen LogP contribution in [0.1, 0.15) is 26.3 Å². The minimum absolute atomic E-state index is 0.0303. The molecule has 1 N–H and O–H groups in total. The smallest absolute Gasteiger partial charge is 0.264 e. The third kappa shape index (κ3) is 5.03. The lowest BCUT2D eigenvalue weighted by atomic mass is 9.97. The lowest BCUT2D eigenvalue weighted by molar-refractivity contribution is -0.123. The number of amides is 1. The third-order valence-corrected chi connectivity index (χ3v) is 6.62. The summed E-state index contributed by atoms with van der Waals surface area (Å²) in [6.07, 6.45) is 0.675. The van der Waals surface area contributed by atoms with Crippen molar-refractivity contribution in [2.75, 3.05) is 24.0 Å². The van der Waals surface area contributed by atoms with E-state index in [4.69, 9.17) is 16.3 Å². The fraction of sp³-hybridized carbons (Fsp3) is 0.381. The van der Waals surface area contributed by atoms with Crippen molar-refractivity contribution in [2.24, 2.45) is 5.41 Å². The highest BCUT2D eigenvalue weighted by molar-refractivity contribution is 7.92. The molecule has 6 nitrogen and oxygen atoms in total. The van der Waals surface area contributed by atoms with Crippen molar-refractivity contribution in [1.82, 2.24) is 5.32 Å². The van der Waals surface area contributed by atoms with Gasteiger partial charge in [-0.05, 0) is 41.7 Å². The Kier molecular flexibility index (Phi) is 6.10. The SMILES string of the molecule is CC(C)(C)CNC(=O)COc1ccc(S(=O)(=O)N2CCc3ccccc32)cc1Cl. The predicted molar refractivity (Wildman–Crippen MR) is 114 cm³/mol. The number of carbonyl (C=O) groups excluding carboxylic acids is 1. The second kappa shape index (κ2) is 8.24. The number of nitrogens with one attached hydrogen (secondary N) is 1. The molecule has 0 radical (unpaired) electrons. The van der Waals surface area contributed by atoms with Crippen molar-refractivity contribution in [3.05, 3.63) is 53.1 Å². The molecular formula is C21H25ClN2O4S. The van der Waals surface area contributed by atoms with Gasteiger partial charge in [0.25, 0.3) is 15.9 Å². The molecule has 156 valence electrons. The van der Waals surface area contributed by atoms with Gasteiger partial charge in [0.2, 0.25) is 0 Å². The molecule has 3 rings (SSSR count). The van der Waals surface area contributed by atoms with Gasteiger partial charge in [0.15, 0.2) is 6.61 Å². The van der Waals surface area contributed by atoms with Crippen LogP contribution in [-0.4, -0.2) is 34.0 Å². The van der Waals surface area contributed by atoms with Crippen LogP contribution >= 0.6 is 11.6 Å². The lowest BCUT2D eigenvalue weighted by Gasteiger charge is -2.20. The van der Waals surface area contributed by atoms with Crippen LogP contribution in [0.15, 0.2) is 47.4 Å². The van der Waals surface area contributed by atoms with Crippen LogP contribution in [-0.2, 0) is 21.2 Å². The summed E-state index contributed by atoms with van der Waals surface area (Å²) in [5.74, 6) is -0.000268.